The van der Waals surface area contributed by atoms with Crippen LogP contribution in [0.5, 0.6) is 11.5 Å². The van der Waals surface area contributed by atoms with Crippen LogP contribution in [0.2, 0.25) is 0 Å². The third-order valence-electron chi connectivity index (χ3n) is 1.76. The molecule has 0 fully saturated rings. The molecule has 0 radical (unpaired) electrons. The molecule has 0 amide bonds. The normalized spacial score (nSPS) is 9.20. The molecule has 4 heteroatoms. The van der Waals surface area contributed by atoms with Crippen molar-refractivity contribution in [2.45, 2.75) is 13.3 Å². The summed E-state index contributed by atoms with van der Waals surface area (Å²) < 4.78 is 10.9. The maximum atomic E-state index is 5.53. The lowest BCUT2D eigenvalue weighted by molar-refractivity contribution is 0.275. The summed E-state index contributed by atoms with van der Waals surface area (Å²) in [5, 5.41) is 0. The van der Waals surface area contributed by atoms with Crippen LogP contribution < -0.4 is 15.2 Å². The number of benzene rings is 1. The van der Waals surface area contributed by atoms with Crippen molar-refractivity contribution in [3.63, 3.8) is 0 Å². The predicted octanol–water partition coefficient (Wildman–Crippen LogP) is 2.23. The van der Waals surface area contributed by atoms with Crippen LogP contribution in [0.3, 0.4) is 0 Å². The minimum absolute atomic E-state index is 0. The fourth-order valence-electron chi connectivity index (χ4n) is 1.11. The predicted molar refractivity (Wildman–Crippen MR) is 64.0 cm³/mol. The van der Waals surface area contributed by atoms with E-state index >= 15 is 0 Å². The molecule has 0 atom stereocenters. The third kappa shape index (κ3) is 4.91. The Labute approximate surface area is 97.0 Å². The number of nitrogens with two attached hydrogens (primary N) is 1. The van der Waals surface area contributed by atoms with Gasteiger partial charge >= 0.3 is 0 Å². The van der Waals surface area contributed by atoms with Gasteiger partial charge in [-0.15, -0.1) is 12.4 Å². The number of halogens is 1. The molecule has 1 rings (SSSR count). The van der Waals surface area contributed by atoms with Crippen molar-refractivity contribution in [3.8, 4) is 11.5 Å². The van der Waals surface area contributed by atoms with E-state index in [1.807, 2.05) is 31.2 Å². The first-order chi connectivity index (χ1) is 6.88. The Balaban J connectivity index is 0.00000196. The first-order valence-electron chi connectivity index (χ1n) is 4.93. The molecular formula is C11H18ClNO2. The molecule has 15 heavy (non-hydrogen) atoms. The van der Waals surface area contributed by atoms with Crippen molar-refractivity contribution in [1.82, 2.24) is 0 Å². The van der Waals surface area contributed by atoms with E-state index in [2.05, 4.69) is 0 Å². The van der Waals surface area contributed by atoms with E-state index < -0.39 is 0 Å². The molecule has 0 spiro atoms. The second-order valence-corrected chi connectivity index (χ2v) is 2.87. The van der Waals surface area contributed by atoms with Crippen molar-refractivity contribution in [1.29, 1.82) is 0 Å². The highest BCUT2D eigenvalue weighted by atomic mass is 35.5. The minimum atomic E-state index is 0. The molecule has 1 aromatic carbocycles. The summed E-state index contributed by atoms with van der Waals surface area (Å²) >= 11 is 0. The van der Waals surface area contributed by atoms with Gasteiger partial charge in [-0.2, -0.15) is 0 Å². The minimum Gasteiger partial charge on any atom is -0.490 e. The Hall–Kier alpha value is -0.930. The van der Waals surface area contributed by atoms with Crippen LogP contribution in [0.1, 0.15) is 13.3 Å². The summed E-state index contributed by atoms with van der Waals surface area (Å²) in [5.74, 6) is 1.59. The van der Waals surface area contributed by atoms with Gasteiger partial charge in [0.05, 0.1) is 13.2 Å². The quantitative estimate of drug-likeness (QED) is 0.764. The topological polar surface area (TPSA) is 44.5 Å². The molecule has 2 N–H and O–H groups in total. The third-order valence-corrected chi connectivity index (χ3v) is 1.76. The average molecular weight is 232 g/mol. The zero-order chi connectivity index (χ0) is 10.2. The zero-order valence-corrected chi connectivity index (χ0v) is 9.76. The number of hydrogen-bond acceptors (Lipinski definition) is 3. The SMILES string of the molecule is CCOc1ccccc1OCCCN.Cl. The molecular weight excluding hydrogens is 214 g/mol. The van der Waals surface area contributed by atoms with Crippen LogP contribution in [0.15, 0.2) is 24.3 Å². The van der Waals surface area contributed by atoms with E-state index in [1.165, 1.54) is 0 Å². The Morgan fingerprint density at radius 1 is 1.13 bits per heavy atom. The van der Waals surface area contributed by atoms with Gasteiger partial charge in [-0.05, 0) is 32.0 Å². The molecule has 0 aliphatic heterocycles. The Morgan fingerprint density at radius 2 is 1.73 bits per heavy atom. The molecule has 0 aromatic heterocycles. The van der Waals surface area contributed by atoms with Crippen LogP contribution in [0.4, 0.5) is 0 Å². The van der Waals surface area contributed by atoms with Gasteiger partial charge < -0.3 is 15.2 Å². The van der Waals surface area contributed by atoms with Crippen LogP contribution in [0, 0.1) is 0 Å². The first-order valence-corrected chi connectivity index (χ1v) is 4.93. The molecule has 0 aliphatic carbocycles. The summed E-state index contributed by atoms with van der Waals surface area (Å²) in [6.07, 6.45) is 0.862. The largest absolute Gasteiger partial charge is 0.490 e. The summed E-state index contributed by atoms with van der Waals surface area (Å²) in [7, 11) is 0. The maximum absolute atomic E-state index is 5.53. The number of para-hydroxylation sites is 2. The van der Waals surface area contributed by atoms with E-state index in [-0.39, 0.29) is 12.4 Å². The highest BCUT2D eigenvalue weighted by molar-refractivity contribution is 5.85. The Bertz CT molecular complexity index is 269. The number of ether oxygens (including phenoxy) is 2. The van der Waals surface area contributed by atoms with E-state index in [0.29, 0.717) is 19.8 Å². The number of hydrogen-bond donors (Lipinski definition) is 1. The molecule has 0 saturated carbocycles. The lowest BCUT2D eigenvalue weighted by Gasteiger charge is -2.10. The molecule has 0 saturated heterocycles. The maximum Gasteiger partial charge on any atom is 0.161 e. The smallest absolute Gasteiger partial charge is 0.161 e. The van der Waals surface area contributed by atoms with Gasteiger partial charge in [-0.25, -0.2) is 0 Å². The Kier molecular flexibility index (Phi) is 7.86. The highest BCUT2D eigenvalue weighted by Gasteiger charge is 2.01. The molecule has 3 nitrogen and oxygen atoms in total. The molecule has 1 aromatic rings. The molecule has 86 valence electrons. The van der Waals surface area contributed by atoms with E-state index in [4.69, 9.17) is 15.2 Å². The lowest BCUT2D eigenvalue weighted by atomic mass is 10.3. The average Bonchev–Trinajstić information content (AvgIpc) is 2.21. The number of rotatable bonds is 6. The summed E-state index contributed by atoms with van der Waals surface area (Å²) in [4.78, 5) is 0. The van der Waals surface area contributed by atoms with Gasteiger partial charge in [0, 0.05) is 0 Å². The van der Waals surface area contributed by atoms with Crippen molar-refractivity contribution >= 4 is 12.4 Å². The van der Waals surface area contributed by atoms with Crippen molar-refractivity contribution in [2.75, 3.05) is 19.8 Å². The monoisotopic (exact) mass is 231 g/mol. The van der Waals surface area contributed by atoms with Crippen LogP contribution in [-0.2, 0) is 0 Å². The van der Waals surface area contributed by atoms with Crippen molar-refractivity contribution in [2.24, 2.45) is 5.73 Å². The second kappa shape index (κ2) is 8.38. The van der Waals surface area contributed by atoms with Crippen molar-refractivity contribution < 1.29 is 9.47 Å². The summed E-state index contributed by atoms with van der Waals surface area (Å²) in [6, 6.07) is 7.67. The van der Waals surface area contributed by atoms with E-state index in [0.717, 1.165) is 17.9 Å². The second-order valence-electron chi connectivity index (χ2n) is 2.87. The molecule has 0 bridgehead atoms. The lowest BCUT2D eigenvalue weighted by Crippen LogP contribution is -2.06. The van der Waals surface area contributed by atoms with Gasteiger partial charge in [0.1, 0.15) is 0 Å². The van der Waals surface area contributed by atoms with E-state index in [1.54, 1.807) is 0 Å². The van der Waals surface area contributed by atoms with Crippen LogP contribution in [0.25, 0.3) is 0 Å². The standard InChI is InChI=1S/C11H17NO2.ClH/c1-2-13-10-6-3-4-7-11(10)14-9-5-8-12;/h3-4,6-7H,2,5,8-9,12H2,1H3;1H. The summed E-state index contributed by atoms with van der Waals surface area (Å²) in [5.41, 5.74) is 5.38. The summed E-state index contributed by atoms with van der Waals surface area (Å²) in [6.45, 7) is 3.89. The van der Waals surface area contributed by atoms with E-state index in [9.17, 15) is 0 Å². The van der Waals surface area contributed by atoms with Crippen LogP contribution in [-0.4, -0.2) is 19.8 Å². The molecule has 0 heterocycles. The fraction of sp³-hybridized carbons (Fsp3) is 0.455. The van der Waals surface area contributed by atoms with Gasteiger partial charge in [-0.3, -0.25) is 0 Å². The Morgan fingerprint density at radius 3 is 2.27 bits per heavy atom. The molecule has 0 unspecified atom stereocenters. The van der Waals surface area contributed by atoms with Gasteiger partial charge in [0.25, 0.3) is 0 Å². The fourth-order valence-corrected chi connectivity index (χ4v) is 1.11. The van der Waals surface area contributed by atoms with Crippen molar-refractivity contribution in [3.05, 3.63) is 24.3 Å². The van der Waals surface area contributed by atoms with Gasteiger partial charge in [0.15, 0.2) is 11.5 Å². The van der Waals surface area contributed by atoms with Gasteiger partial charge in [0.2, 0.25) is 0 Å². The highest BCUT2D eigenvalue weighted by Crippen LogP contribution is 2.26. The molecule has 0 aliphatic rings. The zero-order valence-electron chi connectivity index (χ0n) is 8.94. The van der Waals surface area contributed by atoms with Crippen LogP contribution >= 0.6 is 12.4 Å². The first kappa shape index (κ1) is 14.1. The van der Waals surface area contributed by atoms with Gasteiger partial charge in [-0.1, -0.05) is 12.1 Å².